The molecule has 2 aromatic carbocycles. The number of rotatable bonds is 5. The number of aromatic amines is 1. The van der Waals surface area contributed by atoms with E-state index in [0.717, 1.165) is 16.3 Å². The molecule has 4 heteroatoms. The maximum Gasteiger partial charge on any atom is 0.348 e. The quantitative estimate of drug-likeness (QED) is 0.692. The fourth-order valence-corrected chi connectivity index (χ4v) is 2.67. The monoisotopic (exact) mass is 335 g/mol. The van der Waals surface area contributed by atoms with E-state index in [4.69, 9.17) is 4.74 Å². The molecule has 1 aromatic heterocycles. The van der Waals surface area contributed by atoms with Crippen LogP contribution in [0.5, 0.6) is 0 Å². The molecule has 0 saturated heterocycles. The number of aliphatic hydroxyl groups is 1. The number of aromatic nitrogens is 1. The first-order chi connectivity index (χ1) is 12.0. The number of carbonyl (C=O) groups is 1. The third-order valence-electron chi connectivity index (χ3n) is 3.95. The van der Waals surface area contributed by atoms with Crippen molar-refractivity contribution < 1.29 is 14.6 Å². The van der Waals surface area contributed by atoms with Crippen molar-refractivity contribution in [3.8, 4) is 0 Å². The van der Waals surface area contributed by atoms with Gasteiger partial charge in [-0.2, -0.15) is 0 Å². The van der Waals surface area contributed by atoms with E-state index in [2.05, 4.69) is 4.98 Å². The van der Waals surface area contributed by atoms with Crippen molar-refractivity contribution in [3.63, 3.8) is 0 Å². The first kappa shape index (κ1) is 17.0. The second kappa shape index (κ2) is 6.95. The Hall–Kier alpha value is -2.85. The summed E-state index contributed by atoms with van der Waals surface area (Å²) in [4.78, 5) is 15.4. The van der Waals surface area contributed by atoms with Crippen molar-refractivity contribution in [1.29, 1.82) is 0 Å². The highest BCUT2D eigenvalue weighted by molar-refractivity contribution is 5.87. The first-order valence-electron chi connectivity index (χ1n) is 8.24. The van der Waals surface area contributed by atoms with Crippen LogP contribution in [0.4, 0.5) is 0 Å². The van der Waals surface area contributed by atoms with Crippen LogP contribution in [0.3, 0.4) is 0 Å². The Kier molecular flexibility index (Phi) is 4.72. The van der Waals surface area contributed by atoms with Crippen LogP contribution in [0.1, 0.15) is 25.1 Å². The van der Waals surface area contributed by atoms with Crippen molar-refractivity contribution >= 4 is 22.8 Å². The van der Waals surface area contributed by atoms with Gasteiger partial charge in [-0.05, 0) is 54.5 Å². The van der Waals surface area contributed by atoms with Crippen molar-refractivity contribution in [2.45, 2.75) is 25.6 Å². The largest absolute Gasteiger partial charge is 0.460 e. The van der Waals surface area contributed by atoms with Crippen LogP contribution in [0.25, 0.3) is 16.8 Å². The van der Waals surface area contributed by atoms with E-state index >= 15 is 0 Å². The predicted octanol–water partition coefficient (Wildman–Crippen LogP) is 4.02. The summed E-state index contributed by atoms with van der Waals surface area (Å²) < 4.78 is 5.24. The highest BCUT2D eigenvalue weighted by atomic mass is 16.6. The van der Waals surface area contributed by atoms with E-state index in [1.807, 2.05) is 42.5 Å². The molecule has 0 aliphatic carbocycles. The van der Waals surface area contributed by atoms with E-state index in [1.54, 1.807) is 38.3 Å². The summed E-state index contributed by atoms with van der Waals surface area (Å²) in [6, 6.07) is 17.4. The smallest absolute Gasteiger partial charge is 0.348 e. The topological polar surface area (TPSA) is 62.3 Å². The minimum Gasteiger partial charge on any atom is -0.460 e. The van der Waals surface area contributed by atoms with Gasteiger partial charge in [-0.3, -0.25) is 0 Å². The Morgan fingerprint density at radius 3 is 2.56 bits per heavy atom. The lowest BCUT2D eigenvalue weighted by molar-refractivity contribution is -0.165. The Labute approximate surface area is 146 Å². The van der Waals surface area contributed by atoms with E-state index in [0.29, 0.717) is 5.69 Å². The molecule has 4 nitrogen and oxygen atoms in total. The van der Waals surface area contributed by atoms with Gasteiger partial charge in [0.2, 0.25) is 5.60 Å². The number of hydrogen-bond donors (Lipinski definition) is 2. The molecule has 0 amide bonds. The van der Waals surface area contributed by atoms with Gasteiger partial charge >= 0.3 is 5.97 Å². The van der Waals surface area contributed by atoms with Gasteiger partial charge in [0.05, 0.1) is 11.8 Å². The molecule has 0 unspecified atom stereocenters. The second-order valence-electron chi connectivity index (χ2n) is 6.24. The van der Waals surface area contributed by atoms with Crippen molar-refractivity contribution in [1.82, 2.24) is 4.98 Å². The van der Waals surface area contributed by atoms with E-state index in [9.17, 15) is 9.90 Å². The number of hydrogen-bond acceptors (Lipinski definition) is 3. The molecule has 0 saturated carbocycles. The minimum atomic E-state index is -1.86. The number of H-pyrrole nitrogens is 1. The normalized spacial score (nSPS) is 14.1. The summed E-state index contributed by atoms with van der Waals surface area (Å²) >= 11 is 0. The Morgan fingerprint density at radius 2 is 1.88 bits per heavy atom. The molecule has 128 valence electrons. The lowest BCUT2D eigenvalue weighted by atomic mass is 9.97. The zero-order chi connectivity index (χ0) is 17.9. The molecule has 3 rings (SSSR count). The standard InChI is InChI=1S/C21H21NO3/c1-15(2)25-20(23)21(24,19-8-5-13-22-19)12-11-16-9-10-17-6-3-4-7-18(17)14-16/h3-15,22,24H,1-2H3/b12-11+/t21-/m1/s1. The van der Waals surface area contributed by atoms with Gasteiger partial charge in [-0.1, -0.05) is 42.5 Å². The summed E-state index contributed by atoms with van der Waals surface area (Å²) in [5, 5.41) is 13.2. The maximum absolute atomic E-state index is 12.5. The van der Waals surface area contributed by atoms with E-state index < -0.39 is 11.6 Å². The predicted molar refractivity (Wildman–Crippen MR) is 98.9 cm³/mol. The van der Waals surface area contributed by atoms with Crippen LogP contribution in [-0.4, -0.2) is 22.2 Å². The number of carbonyl (C=O) groups excluding carboxylic acids is 1. The van der Waals surface area contributed by atoms with Crippen molar-refractivity contribution in [2.24, 2.45) is 0 Å². The molecular formula is C21H21NO3. The average Bonchev–Trinajstić information content (AvgIpc) is 3.14. The van der Waals surface area contributed by atoms with Crippen LogP contribution >= 0.6 is 0 Å². The molecule has 0 aliphatic rings. The lowest BCUT2D eigenvalue weighted by Gasteiger charge is -2.23. The number of fused-ring (bicyclic) bond motifs is 1. The van der Waals surface area contributed by atoms with E-state index in [1.165, 1.54) is 6.08 Å². The lowest BCUT2D eigenvalue weighted by Crippen LogP contribution is -2.37. The second-order valence-corrected chi connectivity index (χ2v) is 6.24. The Morgan fingerprint density at radius 1 is 1.12 bits per heavy atom. The molecule has 0 radical (unpaired) electrons. The summed E-state index contributed by atoms with van der Waals surface area (Å²) in [7, 11) is 0. The number of ether oxygens (including phenoxy) is 1. The highest BCUT2D eigenvalue weighted by Gasteiger charge is 2.38. The SMILES string of the molecule is CC(C)OC(=O)[C@@](O)(/C=C/c1ccc2ccccc2c1)c1ccc[nH]1. The van der Waals surface area contributed by atoms with Gasteiger partial charge < -0.3 is 14.8 Å². The molecule has 25 heavy (non-hydrogen) atoms. The summed E-state index contributed by atoms with van der Waals surface area (Å²) in [5.41, 5.74) is -0.601. The third kappa shape index (κ3) is 3.64. The molecule has 0 bridgehead atoms. The van der Waals surface area contributed by atoms with Crippen LogP contribution in [0.2, 0.25) is 0 Å². The number of esters is 1. The van der Waals surface area contributed by atoms with Gasteiger partial charge in [-0.15, -0.1) is 0 Å². The van der Waals surface area contributed by atoms with Crippen LogP contribution < -0.4 is 0 Å². The molecule has 0 aliphatic heterocycles. The molecule has 3 aromatic rings. The fraction of sp³-hybridized carbons (Fsp3) is 0.190. The summed E-state index contributed by atoms with van der Waals surface area (Å²) in [6.07, 6.45) is 4.54. The minimum absolute atomic E-state index is 0.317. The first-order valence-corrected chi connectivity index (χ1v) is 8.24. The molecule has 0 spiro atoms. The van der Waals surface area contributed by atoms with Gasteiger partial charge in [0.25, 0.3) is 0 Å². The molecule has 1 atom stereocenters. The summed E-state index contributed by atoms with van der Waals surface area (Å²) in [6.45, 7) is 3.50. The third-order valence-corrected chi connectivity index (χ3v) is 3.95. The number of benzene rings is 2. The van der Waals surface area contributed by atoms with Crippen LogP contribution in [0.15, 0.2) is 66.9 Å². The van der Waals surface area contributed by atoms with Gasteiger partial charge in [-0.25, -0.2) is 4.79 Å². The van der Waals surface area contributed by atoms with E-state index in [-0.39, 0.29) is 6.10 Å². The van der Waals surface area contributed by atoms with Gasteiger partial charge in [0.1, 0.15) is 0 Å². The number of nitrogens with one attached hydrogen (secondary N) is 1. The zero-order valence-corrected chi connectivity index (χ0v) is 14.3. The van der Waals surface area contributed by atoms with Crippen LogP contribution in [-0.2, 0) is 15.1 Å². The van der Waals surface area contributed by atoms with Crippen molar-refractivity contribution in [3.05, 3.63) is 78.1 Å². The molecule has 1 heterocycles. The molecule has 2 N–H and O–H groups in total. The Bertz CT molecular complexity index is 896. The highest BCUT2D eigenvalue weighted by Crippen LogP contribution is 2.26. The van der Waals surface area contributed by atoms with Gasteiger partial charge in [0.15, 0.2) is 0 Å². The Balaban J connectivity index is 1.96. The molecule has 0 fully saturated rings. The average molecular weight is 335 g/mol. The van der Waals surface area contributed by atoms with Crippen LogP contribution in [0, 0.1) is 0 Å². The maximum atomic E-state index is 12.5. The molecular weight excluding hydrogens is 314 g/mol. The summed E-state index contributed by atoms with van der Waals surface area (Å²) in [5.74, 6) is -0.706. The zero-order valence-electron chi connectivity index (χ0n) is 14.3. The van der Waals surface area contributed by atoms with Crippen molar-refractivity contribution in [2.75, 3.05) is 0 Å². The van der Waals surface area contributed by atoms with Gasteiger partial charge in [0, 0.05) is 6.20 Å². The fourth-order valence-electron chi connectivity index (χ4n) is 2.67.